The molecule has 0 amide bonds. The molecule has 0 heterocycles. The number of rotatable bonds is 5. The molecule has 1 aromatic rings. The van der Waals surface area contributed by atoms with E-state index in [4.69, 9.17) is 10.5 Å². The van der Waals surface area contributed by atoms with Gasteiger partial charge in [0, 0.05) is 12.0 Å². The van der Waals surface area contributed by atoms with Crippen molar-refractivity contribution in [2.24, 2.45) is 17.1 Å². The molecule has 2 heteroatoms. The van der Waals surface area contributed by atoms with Crippen LogP contribution >= 0.6 is 0 Å². The molecule has 2 nitrogen and oxygen atoms in total. The standard InChI is InChI=1S/C17H27NO/c1-13(2)9-19-15-7-5-14(6-8-15)17(12-18)10-16(3,4)11-17/h5-8,13H,9-12,18H2,1-4H3. The second kappa shape index (κ2) is 5.16. The van der Waals surface area contributed by atoms with Crippen LogP contribution in [0.4, 0.5) is 0 Å². The zero-order valence-electron chi connectivity index (χ0n) is 12.7. The van der Waals surface area contributed by atoms with E-state index in [1.807, 2.05) is 0 Å². The van der Waals surface area contributed by atoms with Crippen molar-refractivity contribution in [1.29, 1.82) is 0 Å². The molecule has 0 radical (unpaired) electrons. The Morgan fingerprint density at radius 1 is 1.16 bits per heavy atom. The molecule has 0 atom stereocenters. The first-order valence-electron chi connectivity index (χ1n) is 7.30. The smallest absolute Gasteiger partial charge is 0.119 e. The van der Waals surface area contributed by atoms with Crippen LogP contribution in [0.5, 0.6) is 5.75 Å². The van der Waals surface area contributed by atoms with Crippen LogP contribution < -0.4 is 10.5 Å². The van der Waals surface area contributed by atoms with E-state index in [0.717, 1.165) is 18.9 Å². The van der Waals surface area contributed by atoms with Crippen LogP contribution in [0.25, 0.3) is 0 Å². The minimum Gasteiger partial charge on any atom is -0.493 e. The summed E-state index contributed by atoms with van der Waals surface area (Å²) in [7, 11) is 0. The first-order valence-corrected chi connectivity index (χ1v) is 7.30. The number of hydrogen-bond donors (Lipinski definition) is 1. The van der Waals surface area contributed by atoms with E-state index in [1.54, 1.807) is 0 Å². The van der Waals surface area contributed by atoms with Gasteiger partial charge in [-0.2, -0.15) is 0 Å². The van der Waals surface area contributed by atoms with Crippen LogP contribution in [0, 0.1) is 11.3 Å². The maximum atomic E-state index is 6.03. The van der Waals surface area contributed by atoms with Gasteiger partial charge in [-0.25, -0.2) is 0 Å². The Kier molecular flexibility index (Phi) is 3.91. The molecule has 1 saturated carbocycles. The summed E-state index contributed by atoms with van der Waals surface area (Å²) in [5, 5.41) is 0. The lowest BCUT2D eigenvalue weighted by molar-refractivity contribution is 0.0633. The molecule has 0 bridgehead atoms. The van der Waals surface area contributed by atoms with Crippen molar-refractivity contribution in [3.8, 4) is 5.75 Å². The monoisotopic (exact) mass is 261 g/mol. The average molecular weight is 261 g/mol. The van der Waals surface area contributed by atoms with E-state index in [1.165, 1.54) is 18.4 Å². The third kappa shape index (κ3) is 3.11. The fourth-order valence-electron chi connectivity index (χ4n) is 3.41. The van der Waals surface area contributed by atoms with Gasteiger partial charge in [-0.1, -0.05) is 39.8 Å². The Morgan fingerprint density at radius 3 is 2.16 bits per heavy atom. The Morgan fingerprint density at radius 2 is 1.74 bits per heavy atom. The molecule has 2 N–H and O–H groups in total. The molecule has 0 aromatic heterocycles. The molecule has 0 spiro atoms. The summed E-state index contributed by atoms with van der Waals surface area (Å²) >= 11 is 0. The Labute approximate surface area is 117 Å². The highest BCUT2D eigenvalue weighted by atomic mass is 16.5. The average Bonchev–Trinajstić information content (AvgIpc) is 2.33. The lowest BCUT2D eigenvalue weighted by Gasteiger charge is -2.53. The van der Waals surface area contributed by atoms with Crippen LogP contribution in [0.2, 0.25) is 0 Å². The maximum Gasteiger partial charge on any atom is 0.119 e. The highest BCUT2D eigenvalue weighted by molar-refractivity contribution is 5.35. The molecule has 1 aromatic carbocycles. The Bertz CT molecular complexity index is 411. The molecule has 19 heavy (non-hydrogen) atoms. The molecule has 0 saturated heterocycles. The third-order valence-corrected chi connectivity index (χ3v) is 4.07. The minimum atomic E-state index is 0.195. The largest absolute Gasteiger partial charge is 0.493 e. The number of ether oxygens (including phenoxy) is 1. The van der Waals surface area contributed by atoms with E-state index >= 15 is 0 Å². The van der Waals surface area contributed by atoms with E-state index < -0.39 is 0 Å². The van der Waals surface area contributed by atoms with Gasteiger partial charge in [-0.05, 0) is 41.9 Å². The second-order valence-corrected chi connectivity index (χ2v) is 7.23. The van der Waals surface area contributed by atoms with Crippen molar-refractivity contribution in [3.05, 3.63) is 29.8 Å². The first kappa shape index (κ1) is 14.4. The van der Waals surface area contributed by atoms with Gasteiger partial charge in [0.15, 0.2) is 0 Å². The first-order chi connectivity index (χ1) is 8.87. The lowest BCUT2D eigenvalue weighted by Crippen LogP contribution is -2.51. The van der Waals surface area contributed by atoms with Crippen molar-refractivity contribution in [2.75, 3.05) is 13.2 Å². The van der Waals surface area contributed by atoms with Gasteiger partial charge in [0.2, 0.25) is 0 Å². The zero-order valence-corrected chi connectivity index (χ0v) is 12.7. The van der Waals surface area contributed by atoms with Crippen LogP contribution in [-0.4, -0.2) is 13.2 Å². The number of hydrogen-bond acceptors (Lipinski definition) is 2. The fourth-order valence-corrected chi connectivity index (χ4v) is 3.41. The van der Waals surface area contributed by atoms with Gasteiger partial charge in [0.05, 0.1) is 6.61 Å². The Hall–Kier alpha value is -1.02. The van der Waals surface area contributed by atoms with E-state index in [9.17, 15) is 0 Å². The second-order valence-electron chi connectivity index (χ2n) is 7.23. The predicted molar refractivity (Wildman–Crippen MR) is 80.5 cm³/mol. The van der Waals surface area contributed by atoms with Crippen molar-refractivity contribution in [1.82, 2.24) is 0 Å². The summed E-state index contributed by atoms with van der Waals surface area (Å²) in [6.07, 6.45) is 2.37. The summed E-state index contributed by atoms with van der Waals surface area (Å²) in [5.41, 5.74) is 8.03. The lowest BCUT2D eigenvalue weighted by atomic mass is 9.52. The number of nitrogens with two attached hydrogens (primary N) is 1. The van der Waals surface area contributed by atoms with Crippen molar-refractivity contribution >= 4 is 0 Å². The Balaban J connectivity index is 2.06. The SMILES string of the molecule is CC(C)COc1ccc(C2(CN)CC(C)(C)C2)cc1. The molecular formula is C17H27NO. The van der Waals surface area contributed by atoms with E-state index in [0.29, 0.717) is 11.3 Å². The van der Waals surface area contributed by atoms with E-state index in [-0.39, 0.29) is 5.41 Å². The predicted octanol–water partition coefficient (Wildman–Crippen LogP) is 3.74. The van der Waals surface area contributed by atoms with Gasteiger partial charge in [-0.15, -0.1) is 0 Å². The third-order valence-electron chi connectivity index (χ3n) is 4.07. The van der Waals surface area contributed by atoms with Crippen molar-refractivity contribution < 1.29 is 4.74 Å². The maximum absolute atomic E-state index is 6.03. The fraction of sp³-hybridized carbons (Fsp3) is 0.647. The molecule has 1 aliphatic rings. The van der Waals surface area contributed by atoms with Crippen LogP contribution in [0.3, 0.4) is 0 Å². The summed E-state index contributed by atoms with van der Waals surface area (Å²) < 4.78 is 5.73. The molecule has 1 fully saturated rings. The van der Waals surface area contributed by atoms with Crippen LogP contribution in [0.1, 0.15) is 46.1 Å². The van der Waals surface area contributed by atoms with Crippen molar-refractivity contribution in [2.45, 2.75) is 46.0 Å². The van der Waals surface area contributed by atoms with Gasteiger partial charge in [0.25, 0.3) is 0 Å². The number of benzene rings is 1. The molecule has 2 rings (SSSR count). The highest BCUT2D eigenvalue weighted by Gasteiger charge is 2.49. The highest BCUT2D eigenvalue weighted by Crippen LogP contribution is 2.54. The summed E-state index contributed by atoms with van der Waals surface area (Å²) in [6.45, 7) is 10.5. The topological polar surface area (TPSA) is 35.2 Å². The minimum absolute atomic E-state index is 0.195. The summed E-state index contributed by atoms with van der Waals surface area (Å²) in [4.78, 5) is 0. The normalized spacial score (nSPS) is 20.1. The molecule has 0 unspecified atom stereocenters. The van der Waals surface area contributed by atoms with Crippen molar-refractivity contribution in [3.63, 3.8) is 0 Å². The van der Waals surface area contributed by atoms with Gasteiger partial charge in [-0.3, -0.25) is 0 Å². The summed E-state index contributed by atoms with van der Waals surface area (Å²) in [5.74, 6) is 1.52. The zero-order chi connectivity index (χ0) is 14.1. The quantitative estimate of drug-likeness (QED) is 0.876. The van der Waals surface area contributed by atoms with Gasteiger partial charge in [0.1, 0.15) is 5.75 Å². The molecular weight excluding hydrogens is 234 g/mol. The van der Waals surface area contributed by atoms with Crippen LogP contribution in [0.15, 0.2) is 24.3 Å². The molecule has 106 valence electrons. The molecule has 1 aliphatic carbocycles. The van der Waals surface area contributed by atoms with Gasteiger partial charge >= 0.3 is 0 Å². The van der Waals surface area contributed by atoms with E-state index in [2.05, 4.69) is 52.0 Å². The van der Waals surface area contributed by atoms with Crippen LogP contribution in [-0.2, 0) is 5.41 Å². The van der Waals surface area contributed by atoms with Gasteiger partial charge < -0.3 is 10.5 Å². The molecule has 0 aliphatic heterocycles. The summed E-state index contributed by atoms with van der Waals surface area (Å²) in [6, 6.07) is 8.55.